The molecule has 0 saturated heterocycles. The van der Waals surface area contributed by atoms with Crippen molar-refractivity contribution in [1.82, 2.24) is 9.55 Å². The van der Waals surface area contributed by atoms with Gasteiger partial charge in [-0.1, -0.05) is 18.2 Å². The summed E-state index contributed by atoms with van der Waals surface area (Å²) >= 11 is 3.42. The van der Waals surface area contributed by atoms with E-state index >= 15 is 0 Å². The van der Waals surface area contributed by atoms with Crippen molar-refractivity contribution in [2.24, 2.45) is 14.1 Å². The number of fused-ring (bicyclic) bond motifs is 1. The van der Waals surface area contributed by atoms with Gasteiger partial charge in [-0.05, 0) is 40.2 Å². The fourth-order valence-corrected chi connectivity index (χ4v) is 2.70. The molecule has 3 aromatic rings. The second-order valence-corrected chi connectivity index (χ2v) is 6.37. The summed E-state index contributed by atoms with van der Waals surface area (Å²) in [7, 11) is -0.777. The molecule has 2 aromatic heterocycles. The minimum atomic E-state index is -4.92. The number of nitrogens with zero attached hydrogens (tertiary/aromatic N) is 3. The standard InChI is InChI=1S/C14H13BrN3.H2O4S/c1-17-11-7-3-4-8-12(11)18(2)14(17)10-6-5-9-13(15)16-10;1-5(2,3)4/h3-9H,1-2H3;(H2,1,2,3,4)/q+1;/p-1. The number of pyridine rings is 1. The lowest BCUT2D eigenvalue weighted by molar-refractivity contribution is -0.634. The molecule has 122 valence electrons. The number of para-hydroxylation sites is 2. The van der Waals surface area contributed by atoms with Crippen LogP contribution in [0.5, 0.6) is 0 Å². The first-order chi connectivity index (χ1) is 10.7. The summed E-state index contributed by atoms with van der Waals surface area (Å²) in [5.41, 5.74) is 3.37. The summed E-state index contributed by atoms with van der Waals surface area (Å²) in [4.78, 5) is 4.54. The van der Waals surface area contributed by atoms with Gasteiger partial charge in [0.2, 0.25) is 10.4 Å². The fourth-order valence-electron chi connectivity index (χ4n) is 2.36. The lowest BCUT2D eigenvalue weighted by Gasteiger charge is -1.98. The lowest BCUT2D eigenvalue weighted by Crippen LogP contribution is -2.30. The Balaban J connectivity index is 0.000000338. The quantitative estimate of drug-likeness (QED) is 0.291. The molecule has 2 heterocycles. The van der Waals surface area contributed by atoms with Crippen LogP contribution in [0.2, 0.25) is 0 Å². The zero-order valence-corrected chi connectivity index (χ0v) is 14.7. The molecule has 0 fully saturated rings. The van der Waals surface area contributed by atoms with E-state index in [1.54, 1.807) is 0 Å². The van der Waals surface area contributed by atoms with Crippen LogP contribution in [0.15, 0.2) is 47.1 Å². The molecule has 0 radical (unpaired) electrons. The van der Waals surface area contributed by atoms with Crippen LogP contribution in [-0.2, 0) is 24.5 Å². The third-order valence-corrected chi connectivity index (χ3v) is 3.63. The predicted octanol–water partition coefficient (Wildman–Crippen LogP) is 1.83. The lowest BCUT2D eigenvalue weighted by atomic mass is 10.3. The molecule has 0 aliphatic heterocycles. The van der Waals surface area contributed by atoms with E-state index in [-0.39, 0.29) is 0 Å². The largest absolute Gasteiger partial charge is 0.726 e. The summed E-state index contributed by atoms with van der Waals surface area (Å²) in [6.45, 7) is 0. The molecule has 1 aromatic carbocycles. The van der Waals surface area contributed by atoms with Gasteiger partial charge in [0.15, 0.2) is 16.7 Å². The van der Waals surface area contributed by atoms with Gasteiger partial charge in [-0.15, -0.1) is 0 Å². The van der Waals surface area contributed by atoms with E-state index < -0.39 is 10.4 Å². The van der Waals surface area contributed by atoms with Crippen molar-refractivity contribution in [3.05, 3.63) is 47.1 Å². The molecule has 9 heteroatoms. The molecule has 23 heavy (non-hydrogen) atoms. The zero-order valence-electron chi connectivity index (χ0n) is 12.3. The van der Waals surface area contributed by atoms with Gasteiger partial charge in [0.1, 0.15) is 4.60 Å². The highest BCUT2D eigenvalue weighted by atomic mass is 79.9. The van der Waals surface area contributed by atoms with Crippen molar-refractivity contribution in [2.75, 3.05) is 0 Å². The second-order valence-electron chi connectivity index (χ2n) is 4.70. The van der Waals surface area contributed by atoms with E-state index in [1.807, 2.05) is 18.2 Å². The Morgan fingerprint density at radius 2 is 1.83 bits per heavy atom. The van der Waals surface area contributed by atoms with Gasteiger partial charge in [-0.2, -0.15) is 0 Å². The maximum Gasteiger partial charge on any atom is 0.308 e. The molecule has 3 rings (SSSR count). The summed E-state index contributed by atoms with van der Waals surface area (Å²) in [5, 5.41) is 0. The van der Waals surface area contributed by atoms with Gasteiger partial charge >= 0.3 is 5.82 Å². The molecule has 1 N–H and O–H groups in total. The second kappa shape index (κ2) is 6.75. The van der Waals surface area contributed by atoms with Gasteiger partial charge in [0.05, 0.1) is 14.1 Å². The van der Waals surface area contributed by atoms with Crippen LogP contribution in [0, 0.1) is 0 Å². The maximum absolute atomic E-state index is 8.63. The van der Waals surface area contributed by atoms with Crippen LogP contribution < -0.4 is 4.57 Å². The van der Waals surface area contributed by atoms with E-state index in [2.05, 4.69) is 68.4 Å². The third kappa shape index (κ3) is 4.35. The summed E-state index contributed by atoms with van der Waals surface area (Å²) in [5.74, 6) is 1.09. The number of halogens is 1. The summed E-state index contributed by atoms with van der Waals surface area (Å²) in [6.07, 6.45) is 0. The van der Waals surface area contributed by atoms with Crippen LogP contribution in [0.3, 0.4) is 0 Å². The van der Waals surface area contributed by atoms with E-state index in [0.29, 0.717) is 0 Å². The summed E-state index contributed by atoms with van der Waals surface area (Å²) in [6, 6.07) is 14.3. The number of aryl methyl sites for hydroxylation is 2. The molecule has 0 unspecified atom stereocenters. The number of hydrogen-bond acceptors (Lipinski definition) is 4. The molecule has 0 atom stereocenters. The average Bonchev–Trinajstić information content (AvgIpc) is 2.70. The van der Waals surface area contributed by atoms with Crippen molar-refractivity contribution >= 4 is 37.4 Å². The van der Waals surface area contributed by atoms with Crippen LogP contribution in [0.25, 0.3) is 22.6 Å². The predicted molar refractivity (Wildman–Crippen MR) is 87.4 cm³/mol. The van der Waals surface area contributed by atoms with Gasteiger partial charge in [0, 0.05) is 0 Å². The molecular formula is C14H14BrN3O4S. The third-order valence-electron chi connectivity index (χ3n) is 3.18. The average molecular weight is 400 g/mol. The van der Waals surface area contributed by atoms with E-state index in [4.69, 9.17) is 17.5 Å². The molecule has 0 bridgehead atoms. The van der Waals surface area contributed by atoms with E-state index in [0.717, 1.165) is 16.1 Å². The fraction of sp³-hybridized carbons (Fsp3) is 0.143. The molecule has 0 aliphatic carbocycles. The van der Waals surface area contributed by atoms with Crippen LogP contribution in [0.4, 0.5) is 0 Å². The smallest absolute Gasteiger partial charge is 0.308 e. The van der Waals surface area contributed by atoms with Crippen molar-refractivity contribution < 1.29 is 22.1 Å². The Bertz CT molecular complexity index is 907. The van der Waals surface area contributed by atoms with Gasteiger partial charge in [0.25, 0.3) is 0 Å². The molecule has 0 aliphatic rings. The monoisotopic (exact) mass is 399 g/mol. The van der Waals surface area contributed by atoms with E-state index in [9.17, 15) is 0 Å². The first-order valence-corrected chi connectivity index (χ1v) is 8.59. The Morgan fingerprint density at radius 1 is 1.22 bits per heavy atom. The van der Waals surface area contributed by atoms with Crippen LogP contribution in [-0.4, -0.2) is 27.1 Å². The molecular weight excluding hydrogens is 386 g/mol. The first kappa shape index (κ1) is 17.5. The minimum Gasteiger partial charge on any atom is -0.726 e. The highest BCUT2D eigenvalue weighted by Gasteiger charge is 2.22. The Morgan fingerprint density at radius 3 is 2.39 bits per heavy atom. The first-order valence-electron chi connectivity index (χ1n) is 6.43. The van der Waals surface area contributed by atoms with Crippen LogP contribution >= 0.6 is 15.9 Å². The number of benzene rings is 1. The van der Waals surface area contributed by atoms with Crippen LogP contribution in [0.1, 0.15) is 0 Å². The Kier molecular flexibility index (Phi) is 5.15. The zero-order chi connectivity index (χ0) is 17.2. The molecule has 0 saturated carbocycles. The van der Waals surface area contributed by atoms with Crippen molar-refractivity contribution in [2.45, 2.75) is 0 Å². The number of hydrogen-bond donors (Lipinski definition) is 1. The SMILES string of the molecule is Cn1c(-c2cccc(Br)n2)[n+](C)c2ccccc21.O=S(=O)([O-])O. The number of aromatic nitrogens is 3. The topological polar surface area (TPSA) is 99.1 Å². The van der Waals surface area contributed by atoms with Crippen molar-refractivity contribution in [3.63, 3.8) is 0 Å². The van der Waals surface area contributed by atoms with Gasteiger partial charge in [-0.25, -0.2) is 22.5 Å². The Labute approximate surface area is 141 Å². The highest BCUT2D eigenvalue weighted by molar-refractivity contribution is 9.10. The molecule has 0 spiro atoms. The van der Waals surface area contributed by atoms with Gasteiger partial charge < -0.3 is 4.55 Å². The maximum atomic E-state index is 8.63. The van der Waals surface area contributed by atoms with Crippen molar-refractivity contribution in [3.8, 4) is 11.5 Å². The Hall–Kier alpha value is -1.81. The molecule has 0 amide bonds. The number of rotatable bonds is 1. The van der Waals surface area contributed by atoms with E-state index in [1.165, 1.54) is 11.0 Å². The minimum absolute atomic E-state index is 0.852. The highest BCUT2D eigenvalue weighted by Crippen LogP contribution is 2.21. The molecule has 7 nitrogen and oxygen atoms in total. The summed E-state index contributed by atoms with van der Waals surface area (Å²) < 4.78 is 38.0. The van der Waals surface area contributed by atoms with Gasteiger partial charge in [-0.3, -0.25) is 4.55 Å². The van der Waals surface area contributed by atoms with Crippen molar-refractivity contribution in [1.29, 1.82) is 0 Å². The normalized spacial score (nSPS) is 11.2. The number of imidazole rings is 1.